The average Bonchev–Trinajstić information content (AvgIpc) is 3.44. The number of thiazole rings is 1. The van der Waals surface area contributed by atoms with Crippen LogP contribution in [0.25, 0.3) is 0 Å². The Balaban J connectivity index is 1.20. The zero-order valence-electron chi connectivity index (χ0n) is 18.1. The summed E-state index contributed by atoms with van der Waals surface area (Å²) in [5, 5.41) is 3.28. The first kappa shape index (κ1) is 21.1. The van der Waals surface area contributed by atoms with Gasteiger partial charge in [0.2, 0.25) is 12.7 Å². The van der Waals surface area contributed by atoms with E-state index in [1.165, 1.54) is 11.3 Å². The maximum Gasteiger partial charge on any atom is 0.261 e. The van der Waals surface area contributed by atoms with Crippen molar-refractivity contribution in [2.45, 2.75) is 26.7 Å². The molecular weight excluding hydrogens is 442 g/mol. The summed E-state index contributed by atoms with van der Waals surface area (Å²) < 4.78 is 10.8. The van der Waals surface area contributed by atoms with E-state index >= 15 is 0 Å². The number of benzene rings is 2. The Kier molecular flexibility index (Phi) is 5.33. The van der Waals surface area contributed by atoms with E-state index in [-0.39, 0.29) is 37.5 Å². The second-order valence-corrected chi connectivity index (χ2v) is 9.08. The van der Waals surface area contributed by atoms with Gasteiger partial charge >= 0.3 is 0 Å². The molecule has 0 bridgehead atoms. The number of rotatable bonds is 6. The van der Waals surface area contributed by atoms with E-state index in [4.69, 9.17) is 9.47 Å². The minimum atomic E-state index is -0.362. The number of aryl methyl sites for hydroxylation is 2. The normalized spacial score (nSPS) is 14.1. The van der Waals surface area contributed by atoms with Gasteiger partial charge in [-0.15, -0.1) is 11.3 Å². The van der Waals surface area contributed by atoms with Crippen molar-refractivity contribution in [2.24, 2.45) is 0 Å². The van der Waals surface area contributed by atoms with Crippen LogP contribution in [0, 0.1) is 13.8 Å². The van der Waals surface area contributed by atoms with Crippen LogP contribution in [0.1, 0.15) is 48.8 Å². The molecule has 2 aliphatic heterocycles. The molecule has 0 radical (unpaired) electrons. The van der Waals surface area contributed by atoms with Crippen LogP contribution < -0.4 is 14.8 Å². The van der Waals surface area contributed by atoms with E-state index in [1.54, 1.807) is 18.2 Å². The predicted octanol–water partition coefficient (Wildman–Crippen LogP) is 3.70. The smallest absolute Gasteiger partial charge is 0.261 e. The molecule has 0 unspecified atom stereocenters. The molecule has 2 aliphatic rings. The Morgan fingerprint density at radius 2 is 1.85 bits per heavy atom. The number of hydrogen-bond acceptors (Lipinski definition) is 7. The molecule has 0 aliphatic carbocycles. The Labute approximate surface area is 194 Å². The van der Waals surface area contributed by atoms with Crippen molar-refractivity contribution >= 4 is 34.2 Å². The van der Waals surface area contributed by atoms with Crippen molar-refractivity contribution in [1.29, 1.82) is 0 Å². The van der Waals surface area contributed by atoms with Crippen molar-refractivity contribution < 1.29 is 23.9 Å². The van der Waals surface area contributed by atoms with Crippen LogP contribution in [0.3, 0.4) is 0 Å². The van der Waals surface area contributed by atoms with Crippen LogP contribution >= 0.6 is 11.3 Å². The fourth-order valence-corrected chi connectivity index (χ4v) is 4.90. The van der Waals surface area contributed by atoms with E-state index in [1.807, 2.05) is 32.0 Å². The van der Waals surface area contributed by atoms with Crippen molar-refractivity contribution in [2.75, 3.05) is 18.7 Å². The molecule has 2 aromatic carbocycles. The highest BCUT2D eigenvalue weighted by atomic mass is 32.1. The summed E-state index contributed by atoms with van der Waals surface area (Å²) in [7, 11) is 0. The maximum absolute atomic E-state index is 12.6. The third kappa shape index (κ3) is 4.07. The number of amides is 3. The monoisotopic (exact) mass is 463 g/mol. The number of nitrogens with zero attached hydrogens (tertiary/aromatic N) is 2. The van der Waals surface area contributed by atoms with Gasteiger partial charge in [-0.2, -0.15) is 0 Å². The second kappa shape index (κ2) is 8.32. The van der Waals surface area contributed by atoms with Gasteiger partial charge in [0.25, 0.3) is 11.8 Å². The molecule has 3 amide bonds. The van der Waals surface area contributed by atoms with Crippen LogP contribution in [0.15, 0.2) is 36.4 Å². The first-order valence-corrected chi connectivity index (χ1v) is 11.3. The summed E-state index contributed by atoms with van der Waals surface area (Å²) in [6.45, 7) is 4.01. The number of carbonyl (C=O) groups excluding carboxylic acids is 3. The summed E-state index contributed by atoms with van der Waals surface area (Å²) in [4.78, 5) is 44.2. The summed E-state index contributed by atoms with van der Waals surface area (Å²) in [6.07, 6.45) is 0.658. The van der Waals surface area contributed by atoms with Gasteiger partial charge in [-0.25, -0.2) is 4.98 Å². The SMILES string of the molecule is Cc1ccc2c(c1)C(=O)N(CCC(=O)Nc1nc(C)c(Cc3ccc4c(c3)OCO4)s1)C2=O. The quantitative estimate of drug-likeness (QED) is 0.560. The van der Waals surface area contributed by atoms with Crippen LogP contribution in [0.4, 0.5) is 5.13 Å². The number of carbonyl (C=O) groups is 3. The van der Waals surface area contributed by atoms with E-state index < -0.39 is 0 Å². The Morgan fingerprint density at radius 3 is 2.70 bits per heavy atom. The molecule has 9 heteroatoms. The third-order valence-electron chi connectivity index (χ3n) is 5.63. The van der Waals surface area contributed by atoms with Gasteiger partial charge in [-0.3, -0.25) is 19.3 Å². The second-order valence-electron chi connectivity index (χ2n) is 8.00. The molecule has 0 spiro atoms. The van der Waals surface area contributed by atoms with Gasteiger partial charge in [0.1, 0.15) is 0 Å². The van der Waals surface area contributed by atoms with Gasteiger partial charge < -0.3 is 14.8 Å². The summed E-state index contributed by atoms with van der Waals surface area (Å²) in [5.41, 5.74) is 3.58. The molecule has 0 atom stereocenters. The molecule has 3 heterocycles. The maximum atomic E-state index is 12.6. The molecule has 0 fully saturated rings. The predicted molar refractivity (Wildman–Crippen MR) is 122 cm³/mol. The number of hydrogen-bond donors (Lipinski definition) is 1. The largest absolute Gasteiger partial charge is 0.454 e. The fourth-order valence-electron chi connectivity index (χ4n) is 3.88. The number of fused-ring (bicyclic) bond motifs is 2. The van der Waals surface area contributed by atoms with Gasteiger partial charge in [0.05, 0.1) is 16.8 Å². The van der Waals surface area contributed by atoms with Gasteiger partial charge in [-0.1, -0.05) is 17.7 Å². The number of imide groups is 1. The van der Waals surface area contributed by atoms with Crippen LogP contribution in [-0.2, 0) is 11.2 Å². The minimum absolute atomic E-state index is 0.000568. The average molecular weight is 464 g/mol. The lowest BCUT2D eigenvalue weighted by Crippen LogP contribution is -2.32. The van der Waals surface area contributed by atoms with Crippen LogP contribution in [0.5, 0.6) is 11.5 Å². The van der Waals surface area contributed by atoms with Crippen LogP contribution in [0.2, 0.25) is 0 Å². The fraction of sp³-hybridized carbons (Fsp3) is 0.250. The van der Waals surface area contributed by atoms with Crippen LogP contribution in [-0.4, -0.2) is 40.9 Å². The van der Waals surface area contributed by atoms with E-state index in [9.17, 15) is 14.4 Å². The minimum Gasteiger partial charge on any atom is -0.454 e. The summed E-state index contributed by atoms with van der Waals surface area (Å²) in [6, 6.07) is 11.0. The standard InChI is InChI=1S/C24H21N3O5S/c1-13-3-5-16-17(9-13)23(30)27(22(16)29)8-7-21(28)26-24-25-14(2)20(33-24)11-15-4-6-18-19(10-15)32-12-31-18/h3-6,9-10H,7-8,11-12H2,1-2H3,(H,25,26,28). The lowest BCUT2D eigenvalue weighted by atomic mass is 10.1. The van der Waals surface area contributed by atoms with E-state index in [2.05, 4.69) is 10.3 Å². The highest BCUT2D eigenvalue weighted by Crippen LogP contribution is 2.34. The molecule has 1 aromatic heterocycles. The third-order valence-corrected chi connectivity index (χ3v) is 6.70. The summed E-state index contributed by atoms with van der Waals surface area (Å²) >= 11 is 1.40. The lowest BCUT2D eigenvalue weighted by Gasteiger charge is -2.12. The zero-order chi connectivity index (χ0) is 23.1. The molecule has 3 aromatic rings. The first-order chi connectivity index (χ1) is 15.9. The topological polar surface area (TPSA) is 97.8 Å². The van der Waals surface area contributed by atoms with Crippen molar-refractivity contribution in [3.63, 3.8) is 0 Å². The van der Waals surface area contributed by atoms with Crippen molar-refractivity contribution in [1.82, 2.24) is 9.88 Å². The van der Waals surface area contributed by atoms with E-state index in [0.29, 0.717) is 22.7 Å². The summed E-state index contributed by atoms with van der Waals surface area (Å²) in [5.74, 6) is 0.445. The molecule has 33 heavy (non-hydrogen) atoms. The molecule has 0 saturated heterocycles. The molecule has 0 saturated carbocycles. The Hall–Kier alpha value is -3.72. The molecule has 1 N–H and O–H groups in total. The highest BCUT2D eigenvalue weighted by Gasteiger charge is 2.35. The first-order valence-electron chi connectivity index (χ1n) is 10.5. The number of nitrogens with one attached hydrogen (secondary N) is 1. The zero-order valence-corrected chi connectivity index (χ0v) is 19.0. The number of anilines is 1. The molecule has 5 rings (SSSR count). The van der Waals surface area contributed by atoms with Crippen molar-refractivity contribution in [3.8, 4) is 11.5 Å². The Bertz CT molecular complexity index is 1300. The number of aromatic nitrogens is 1. The lowest BCUT2D eigenvalue weighted by molar-refractivity contribution is -0.116. The molecule has 8 nitrogen and oxygen atoms in total. The van der Waals surface area contributed by atoms with Gasteiger partial charge in [0.15, 0.2) is 16.6 Å². The molecule has 168 valence electrons. The number of ether oxygens (including phenoxy) is 2. The van der Waals surface area contributed by atoms with Crippen molar-refractivity contribution in [3.05, 3.63) is 69.2 Å². The van der Waals surface area contributed by atoms with Gasteiger partial charge in [0, 0.05) is 24.3 Å². The Morgan fingerprint density at radius 1 is 1.06 bits per heavy atom. The van der Waals surface area contributed by atoms with E-state index in [0.717, 1.165) is 38.1 Å². The molecular formula is C24H21N3O5S. The van der Waals surface area contributed by atoms with Gasteiger partial charge in [-0.05, 0) is 43.7 Å². The highest BCUT2D eigenvalue weighted by molar-refractivity contribution is 7.15.